The lowest BCUT2D eigenvalue weighted by atomic mass is 9.80. The minimum Gasteiger partial charge on any atom is -0.388 e. The summed E-state index contributed by atoms with van der Waals surface area (Å²) in [5.74, 6) is 0.870. The molecule has 23 heavy (non-hydrogen) atoms. The van der Waals surface area contributed by atoms with Gasteiger partial charge in [0.05, 0.1) is 12.1 Å². The van der Waals surface area contributed by atoms with Gasteiger partial charge in [0, 0.05) is 25.7 Å². The van der Waals surface area contributed by atoms with Crippen LogP contribution in [0.15, 0.2) is 4.99 Å². The number of unbranched alkanes of at least 4 members (excludes halogenated alkanes) is 1. The summed E-state index contributed by atoms with van der Waals surface area (Å²) in [6.45, 7) is 9.33. The third-order valence-electron chi connectivity index (χ3n) is 4.92. The lowest BCUT2D eigenvalue weighted by Crippen LogP contribution is -2.49. The van der Waals surface area contributed by atoms with Crippen molar-refractivity contribution in [2.75, 3.05) is 32.7 Å². The second-order valence-corrected chi connectivity index (χ2v) is 6.89. The smallest absolute Gasteiger partial charge is 0.191 e. The van der Waals surface area contributed by atoms with Crippen molar-refractivity contribution in [2.24, 2.45) is 4.99 Å². The fraction of sp³-hybridized carbons (Fsp3) is 0.941. The molecule has 1 saturated heterocycles. The summed E-state index contributed by atoms with van der Waals surface area (Å²) in [6.07, 6.45) is 7.86. The number of hydrogen-bond acceptors (Lipinski definition) is 3. The number of hydrogen-bond donors (Lipinski definition) is 3. The highest BCUT2D eigenvalue weighted by Gasteiger charge is 2.34. The number of piperidine rings is 1. The second kappa shape index (κ2) is 10.7. The molecule has 1 aliphatic carbocycles. The number of guanidine groups is 1. The normalized spacial score (nSPS) is 22.1. The Bertz CT molecular complexity index is 353. The van der Waals surface area contributed by atoms with Gasteiger partial charge >= 0.3 is 0 Å². The molecular formula is C17H35IN4O. The van der Waals surface area contributed by atoms with Gasteiger partial charge < -0.3 is 20.6 Å². The molecule has 2 rings (SSSR count). The molecule has 0 radical (unpaired) electrons. The standard InChI is InChI=1S/C17H34N4O.HI/c1-3-5-11-21-12-7-15(8-13-21)20-16(18-4-2)19-14-17(22)9-6-10-17;/h15,22H,3-14H2,1-2H3,(H2,18,19,20);1H. The molecule has 5 nitrogen and oxygen atoms in total. The highest BCUT2D eigenvalue weighted by atomic mass is 127. The van der Waals surface area contributed by atoms with Gasteiger partial charge in [-0.05, 0) is 52.0 Å². The predicted molar refractivity (Wildman–Crippen MR) is 108 cm³/mol. The van der Waals surface area contributed by atoms with E-state index in [1.54, 1.807) is 0 Å². The lowest BCUT2D eigenvalue weighted by molar-refractivity contribution is -0.0236. The van der Waals surface area contributed by atoms with E-state index in [2.05, 4.69) is 34.4 Å². The Kier molecular flexibility index (Phi) is 9.77. The van der Waals surface area contributed by atoms with Crippen LogP contribution in [0.3, 0.4) is 0 Å². The summed E-state index contributed by atoms with van der Waals surface area (Å²) >= 11 is 0. The third kappa shape index (κ3) is 7.13. The zero-order chi connectivity index (χ0) is 15.8. The average molecular weight is 438 g/mol. The first-order chi connectivity index (χ1) is 10.6. The van der Waals surface area contributed by atoms with Gasteiger partial charge in [0.15, 0.2) is 5.96 Å². The number of rotatable bonds is 7. The van der Waals surface area contributed by atoms with Crippen molar-refractivity contribution in [1.82, 2.24) is 15.5 Å². The van der Waals surface area contributed by atoms with Crippen LogP contribution < -0.4 is 10.6 Å². The molecule has 0 unspecified atom stereocenters. The maximum atomic E-state index is 10.2. The van der Waals surface area contributed by atoms with Crippen LogP contribution >= 0.6 is 24.0 Å². The van der Waals surface area contributed by atoms with Crippen LogP contribution in [0.4, 0.5) is 0 Å². The van der Waals surface area contributed by atoms with Crippen LogP contribution in [0.1, 0.15) is 58.8 Å². The zero-order valence-corrected chi connectivity index (χ0v) is 17.1. The predicted octanol–water partition coefficient (Wildman–Crippen LogP) is 2.34. The Morgan fingerprint density at radius 1 is 1.26 bits per heavy atom. The van der Waals surface area contributed by atoms with Gasteiger partial charge in [0.2, 0.25) is 0 Å². The first-order valence-corrected chi connectivity index (χ1v) is 9.15. The molecule has 1 saturated carbocycles. The summed E-state index contributed by atoms with van der Waals surface area (Å²) in [4.78, 5) is 7.17. The van der Waals surface area contributed by atoms with Crippen LogP contribution in [0, 0.1) is 0 Å². The SMILES string of the molecule is CCCCN1CCC(NC(=NCC2(O)CCC2)NCC)CC1.I. The molecule has 0 aromatic carbocycles. The van der Waals surface area contributed by atoms with E-state index in [1.165, 1.54) is 45.3 Å². The van der Waals surface area contributed by atoms with Gasteiger partial charge in [-0.1, -0.05) is 13.3 Å². The molecular weight excluding hydrogens is 403 g/mol. The number of nitrogens with zero attached hydrogens (tertiary/aromatic N) is 2. The molecule has 6 heteroatoms. The Morgan fingerprint density at radius 3 is 2.48 bits per heavy atom. The van der Waals surface area contributed by atoms with Gasteiger partial charge in [-0.15, -0.1) is 24.0 Å². The van der Waals surface area contributed by atoms with E-state index in [-0.39, 0.29) is 24.0 Å². The van der Waals surface area contributed by atoms with Crippen LogP contribution in [-0.2, 0) is 0 Å². The van der Waals surface area contributed by atoms with Crippen molar-refractivity contribution in [3.8, 4) is 0 Å². The first kappa shape index (κ1) is 21.0. The maximum Gasteiger partial charge on any atom is 0.191 e. The largest absolute Gasteiger partial charge is 0.388 e. The molecule has 1 aliphatic heterocycles. The van der Waals surface area contributed by atoms with Crippen molar-refractivity contribution in [1.29, 1.82) is 0 Å². The maximum absolute atomic E-state index is 10.2. The fourth-order valence-electron chi connectivity index (χ4n) is 3.17. The molecule has 0 aromatic rings. The number of likely N-dealkylation sites (tertiary alicyclic amines) is 1. The molecule has 3 N–H and O–H groups in total. The minimum absolute atomic E-state index is 0. The molecule has 2 fully saturated rings. The Morgan fingerprint density at radius 2 is 1.96 bits per heavy atom. The minimum atomic E-state index is -0.536. The van der Waals surface area contributed by atoms with E-state index >= 15 is 0 Å². The van der Waals surface area contributed by atoms with E-state index < -0.39 is 5.60 Å². The molecule has 136 valence electrons. The monoisotopic (exact) mass is 438 g/mol. The quantitative estimate of drug-likeness (QED) is 0.325. The van der Waals surface area contributed by atoms with Crippen LogP contribution in [-0.4, -0.2) is 60.3 Å². The van der Waals surface area contributed by atoms with Crippen LogP contribution in [0.5, 0.6) is 0 Å². The highest BCUT2D eigenvalue weighted by molar-refractivity contribution is 14.0. The fourth-order valence-corrected chi connectivity index (χ4v) is 3.17. The highest BCUT2D eigenvalue weighted by Crippen LogP contribution is 2.31. The molecule has 0 bridgehead atoms. The molecule has 0 amide bonds. The summed E-state index contributed by atoms with van der Waals surface area (Å²) in [5, 5.41) is 17.0. The Labute approximate surface area is 158 Å². The van der Waals surface area contributed by atoms with Crippen molar-refractivity contribution in [3.05, 3.63) is 0 Å². The van der Waals surface area contributed by atoms with Crippen molar-refractivity contribution >= 4 is 29.9 Å². The second-order valence-electron chi connectivity index (χ2n) is 6.89. The van der Waals surface area contributed by atoms with Gasteiger partial charge in [0.1, 0.15) is 0 Å². The van der Waals surface area contributed by atoms with Gasteiger partial charge in [-0.3, -0.25) is 4.99 Å². The lowest BCUT2D eigenvalue weighted by Gasteiger charge is -2.36. The molecule has 0 atom stereocenters. The van der Waals surface area contributed by atoms with E-state index in [1.807, 2.05) is 0 Å². The van der Waals surface area contributed by atoms with Crippen molar-refractivity contribution in [2.45, 2.75) is 70.4 Å². The van der Waals surface area contributed by atoms with Crippen LogP contribution in [0.25, 0.3) is 0 Å². The number of aliphatic imine (C=N–C) groups is 1. The Balaban J connectivity index is 0.00000264. The molecule has 1 heterocycles. The third-order valence-corrected chi connectivity index (χ3v) is 4.92. The number of halogens is 1. The summed E-state index contributed by atoms with van der Waals surface area (Å²) in [5.41, 5.74) is -0.536. The summed E-state index contributed by atoms with van der Waals surface area (Å²) in [7, 11) is 0. The number of nitrogens with one attached hydrogen (secondary N) is 2. The summed E-state index contributed by atoms with van der Waals surface area (Å²) < 4.78 is 0. The molecule has 0 aromatic heterocycles. The molecule has 0 spiro atoms. The van der Waals surface area contributed by atoms with Gasteiger partial charge in [0.25, 0.3) is 0 Å². The number of aliphatic hydroxyl groups is 1. The van der Waals surface area contributed by atoms with Gasteiger partial charge in [-0.25, -0.2) is 0 Å². The summed E-state index contributed by atoms with van der Waals surface area (Å²) in [6, 6.07) is 0.506. The van der Waals surface area contributed by atoms with Crippen molar-refractivity contribution in [3.63, 3.8) is 0 Å². The van der Waals surface area contributed by atoms with Gasteiger partial charge in [-0.2, -0.15) is 0 Å². The van der Waals surface area contributed by atoms with E-state index in [0.29, 0.717) is 12.6 Å². The Hall–Kier alpha value is -0.0800. The van der Waals surface area contributed by atoms with E-state index in [0.717, 1.165) is 31.8 Å². The van der Waals surface area contributed by atoms with E-state index in [4.69, 9.17) is 0 Å². The molecule has 2 aliphatic rings. The zero-order valence-electron chi connectivity index (χ0n) is 14.8. The topological polar surface area (TPSA) is 59.9 Å². The first-order valence-electron chi connectivity index (χ1n) is 9.15. The van der Waals surface area contributed by atoms with Crippen LogP contribution in [0.2, 0.25) is 0 Å². The van der Waals surface area contributed by atoms with Crippen molar-refractivity contribution < 1.29 is 5.11 Å². The van der Waals surface area contributed by atoms with E-state index in [9.17, 15) is 5.11 Å². The average Bonchev–Trinajstić information content (AvgIpc) is 2.50.